The van der Waals surface area contributed by atoms with Gasteiger partial charge in [0, 0.05) is 45.3 Å². The van der Waals surface area contributed by atoms with Gasteiger partial charge in [-0.1, -0.05) is 0 Å². The van der Waals surface area contributed by atoms with E-state index in [1.165, 1.54) is 11.0 Å². The lowest BCUT2D eigenvalue weighted by molar-refractivity contribution is -0.0734. The summed E-state index contributed by atoms with van der Waals surface area (Å²) in [6, 6.07) is 3.20. The third kappa shape index (κ3) is 3.26. The minimum atomic E-state index is -0.930. The Bertz CT molecular complexity index is 546. The van der Waals surface area contributed by atoms with E-state index < -0.39 is 11.2 Å². The van der Waals surface area contributed by atoms with Crippen LogP contribution in [-0.2, 0) is 4.74 Å². The Hall–Kier alpha value is -1.66. The second-order valence-electron chi connectivity index (χ2n) is 5.38. The molecule has 2 N–H and O–H groups in total. The Morgan fingerprint density at radius 3 is 2.70 bits per heavy atom. The first kappa shape index (κ1) is 14.7. The van der Waals surface area contributed by atoms with Crippen LogP contribution in [0.5, 0.6) is 0 Å². The molecule has 2 heterocycles. The van der Waals surface area contributed by atoms with Crippen LogP contribution in [0.25, 0.3) is 0 Å². The van der Waals surface area contributed by atoms with E-state index >= 15 is 0 Å². The van der Waals surface area contributed by atoms with Crippen molar-refractivity contribution in [3.05, 3.63) is 33.7 Å². The van der Waals surface area contributed by atoms with Gasteiger partial charge in [-0.25, -0.2) is 0 Å². The molecule has 6 nitrogen and oxygen atoms in total. The van der Waals surface area contributed by atoms with Crippen LogP contribution in [0.3, 0.4) is 0 Å². The van der Waals surface area contributed by atoms with Gasteiger partial charge in [-0.2, -0.15) is 0 Å². The van der Waals surface area contributed by atoms with E-state index in [9.17, 15) is 14.7 Å². The predicted octanol–water partition coefficient (Wildman–Crippen LogP) is 0.297. The van der Waals surface area contributed by atoms with Crippen molar-refractivity contribution in [3.63, 3.8) is 0 Å². The Labute approximate surface area is 117 Å². The van der Waals surface area contributed by atoms with Gasteiger partial charge in [-0.3, -0.25) is 9.59 Å². The number of hydrogen-bond acceptors (Lipinski definition) is 4. The second-order valence-corrected chi connectivity index (χ2v) is 5.38. The summed E-state index contributed by atoms with van der Waals surface area (Å²) in [5.74, 6) is -0.383. The SMILES string of the molecule is Cc1ccc(C(=O)N(C)CC2(O)CCOCC2)c(=O)[nH]1. The number of carbonyl (C=O) groups is 1. The quantitative estimate of drug-likeness (QED) is 0.834. The number of amides is 1. The number of aliphatic hydroxyl groups is 1. The number of ether oxygens (including phenoxy) is 1. The van der Waals surface area contributed by atoms with Gasteiger partial charge >= 0.3 is 0 Å². The number of aromatic amines is 1. The zero-order valence-corrected chi connectivity index (χ0v) is 11.8. The number of H-pyrrole nitrogens is 1. The van der Waals surface area contributed by atoms with Gasteiger partial charge in [0.1, 0.15) is 5.56 Å². The molecular formula is C14H20N2O4. The van der Waals surface area contributed by atoms with E-state index in [0.29, 0.717) is 31.7 Å². The third-order valence-electron chi connectivity index (χ3n) is 3.59. The van der Waals surface area contributed by atoms with Crippen LogP contribution in [0, 0.1) is 6.92 Å². The van der Waals surface area contributed by atoms with Crippen molar-refractivity contribution in [1.29, 1.82) is 0 Å². The molecule has 1 aliphatic rings. The number of nitrogens with zero attached hydrogens (tertiary/aromatic N) is 1. The first-order chi connectivity index (χ1) is 9.41. The predicted molar refractivity (Wildman–Crippen MR) is 73.8 cm³/mol. The van der Waals surface area contributed by atoms with Crippen molar-refractivity contribution in [2.75, 3.05) is 26.8 Å². The summed E-state index contributed by atoms with van der Waals surface area (Å²) in [4.78, 5) is 28.0. The van der Waals surface area contributed by atoms with Gasteiger partial charge in [-0.05, 0) is 19.1 Å². The van der Waals surface area contributed by atoms with Crippen LogP contribution >= 0.6 is 0 Å². The van der Waals surface area contributed by atoms with E-state index in [1.54, 1.807) is 20.0 Å². The number of hydrogen-bond donors (Lipinski definition) is 2. The molecule has 0 radical (unpaired) electrons. The smallest absolute Gasteiger partial charge is 0.260 e. The summed E-state index contributed by atoms with van der Waals surface area (Å²) in [7, 11) is 1.59. The lowest BCUT2D eigenvalue weighted by atomic mass is 9.94. The van der Waals surface area contributed by atoms with E-state index in [0.717, 1.165) is 0 Å². The fourth-order valence-corrected chi connectivity index (χ4v) is 2.37. The molecule has 0 aliphatic carbocycles. The Balaban J connectivity index is 2.10. The Kier molecular flexibility index (Phi) is 4.25. The maximum absolute atomic E-state index is 12.3. The van der Waals surface area contributed by atoms with Gasteiger partial charge in [0.05, 0.1) is 5.60 Å². The molecule has 0 aromatic carbocycles. The number of nitrogens with one attached hydrogen (secondary N) is 1. The lowest BCUT2D eigenvalue weighted by Crippen LogP contribution is -2.48. The maximum Gasteiger partial charge on any atom is 0.260 e. The van der Waals surface area contributed by atoms with Crippen molar-refractivity contribution >= 4 is 5.91 Å². The number of pyridine rings is 1. The van der Waals surface area contributed by atoms with Gasteiger partial charge in [0.25, 0.3) is 11.5 Å². The summed E-state index contributed by atoms with van der Waals surface area (Å²) >= 11 is 0. The first-order valence-electron chi connectivity index (χ1n) is 6.67. The molecule has 1 amide bonds. The minimum Gasteiger partial charge on any atom is -0.388 e. The van der Waals surface area contributed by atoms with Gasteiger partial charge in [-0.15, -0.1) is 0 Å². The number of carbonyl (C=O) groups excluding carboxylic acids is 1. The number of aromatic nitrogens is 1. The monoisotopic (exact) mass is 280 g/mol. The molecule has 1 fully saturated rings. The highest BCUT2D eigenvalue weighted by atomic mass is 16.5. The fourth-order valence-electron chi connectivity index (χ4n) is 2.37. The molecular weight excluding hydrogens is 260 g/mol. The maximum atomic E-state index is 12.3. The van der Waals surface area contributed by atoms with Crippen molar-refractivity contribution in [2.45, 2.75) is 25.4 Å². The molecule has 0 atom stereocenters. The second kappa shape index (κ2) is 5.76. The van der Waals surface area contributed by atoms with E-state index in [1.807, 2.05) is 0 Å². The van der Waals surface area contributed by atoms with Crippen molar-refractivity contribution in [1.82, 2.24) is 9.88 Å². The van der Waals surface area contributed by atoms with Crippen LogP contribution in [0.4, 0.5) is 0 Å². The van der Waals surface area contributed by atoms with Crippen molar-refractivity contribution < 1.29 is 14.6 Å². The highest BCUT2D eigenvalue weighted by Gasteiger charge is 2.32. The molecule has 1 aromatic rings. The molecule has 6 heteroatoms. The molecule has 0 unspecified atom stereocenters. The van der Waals surface area contributed by atoms with E-state index in [4.69, 9.17) is 4.74 Å². The van der Waals surface area contributed by atoms with Crippen molar-refractivity contribution in [2.24, 2.45) is 0 Å². The van der Waals surface area contributed by atoms with E-state index in [2.05, 4.69) is 4.98 Å². The average Bonchev–Trinajstić information content (AvgIpc) is 2.38. The molecule has 1 aromatic heterocycles. The highest BCUT2D eigenvalue weighted by molar-refractivity contribution is 5.93. The molecule has 0 saturated carbocycles. The number of aryl methyl sites for hydroxylation is 1. The molecule has 1 aliphatic heterocycles. The van der Waals surface area contributed by atoms with Crippen LogP contribution in [-0.4, -0.2) is 53.3 Å². The van der Waals surface area contributed by atoms with Crippen LogP contribution < -0.4 is 5.56 Å². The van der Waals surface area contributed by atoms with Crippen LogP contribution in [0.15, 0.2) is 16.9 Å². The van der Waals surface area contributed by atoms with Crippen LogP contribution in [0.2, 0.25) is 0 Å². The Morgan fingerprint density at radius 2 is 2.10 bits per heavy atom. The standard InChI is InChI=1S/C14H20N2O4/c1-10-3-4-11(12(17)15-10)13(18)16(2)9-14(19)5-7-20-8-6-14/h3-4,19H,5-9H2,1-2H3,(H,15,17). The zero-order chi connectivity index (χ0) is 14.8. The molecule has 0 bridgehead atoms. The molecule has 2 rings (SSSR count). The largest absolute Gasteiger partial charge is 0.388 e. The minimum absolute atomic E-state index is 0.0914. The summed E-state index contributed by atoms with van der Waals surface area (Å²) in [6.45, 7) is 2.93. The summed E-state index contributed by atoms with van der Waals surface area (Å²) in [5, 5.41) is 10.4. The van der Waals surface area contributed by atoms with Crippen LogP contribution in [0.1, 0.15) is 28.9 Å². The normalized spacial score (nSPS) is 17.8. The Morgan fingerprint density at radius 1 is 1.45 bits per heavy atom. The molecule has 110 valence electrons. The summed E-state index contributed by atoms with van der Waals surface area (Å²) in [5.41, 5.74) is -0.535. The number of rotatable bonds is 3. The summed E-state index contributed by atoms with van der Waals surface area (Å²) < 4.78 is 5.21. The van der Waals surface area contributed by atoms with Gasteiger partial charge in [0.15, 0.2) is 0 Å². The first-order valence-corrected chi connectivity index (χ1v) is 6.67. The molecule has 0 spiro atoms. The molecule has 1 saturated heterocycles. The fraction of sp³-hybridized carbons (Fsp3) is 0.571. The third-order valence-corrected chi connectivity index (χ3v) is 3.59. The number of likely N-dealkylation sites (N-methyl/N-ethyl adjacent to an activating group) is 1. The average molecular weight is 280 g/mol. The highest BCUT2D eigenvalue weighted by Crippen LogP contribution is 2.21. The van der Waals surface area contributed by atoms with E-state index in [-0.39, 0.29) is 18.0 Å². The van der Waals surface area contributed by atoms with Gasteiger partial charge in [0.2, 0.25) is 0 Å². The zero-order valence-electron chi connectivity index (χ0n) is 11.8. The lowest BCUT2D eigenvalue weighted by Gasteiger charge is -2.35. The van der Waals surface area contributed by atoms with Crippen molar-refractivity contribution in [3.8, 4) is 0 Å². The topological polar surface area (TPSA) is 82.6 Å². The molecule has 20 heavy (non-hydrogen) atoms. The summed E-state index contributed by atoms with van der Waals surface area (Å²) in [6.07, 6.45) is 0.990. The van der Waals surface area contributed by atoms with Gasteiger partial charge < -0.3 is 19.7 Å².